The van der Waals surface area contributed by atoms with Crippen LogP contribution in [0.5, 0.6) is 0 Å². The van der Waals surface area contributed by atoms with Crippen LogP contribution < -0.4 is 5.32 Å². The first-order valence-corrected chi connectivity index (χ1v) is 6.16. The van der Waals surface area contributed by atoms with Crippen LogP contribution in [0.1, 0.15) is 5.56 Å². The number of hydrogen-bond acceptors (Lipinski definition) is 4. The van der Waals surface area contributed by atoms with Crippen LogP contribution in [0.4, 0.5) is 0 Å². The Morgan fingerprint density at radius 1 is 1.00 bits per heavy atom. The molecule has 1 aliphatic carbocycles. The third-order valence-electron chi connectivity index (χ3n) is 3.04. The average Bonchev–Trinajstić information content (AvgIpc) is 2.37. The fourth-order valence-corrected chi connectivity index (χ4v) is 2.03. The molecule has 0 amide bonds. The van der Waals surface area contributed by atoms with Crippen molar-refractivity contribution < 1.29 is 15.3 Å². The van der Waals surface area contributed by atoms with E-state index in [1.807, 2.05) is 12.1 Å². The van der Waals surface area contributed by atoms with Crippen molar-refractivity contribution in [2.45, 2.75) is 30.9 Å². The third-order valence-corrected chi connectivity index (χ3v) is 3.29. The SMILES string of the molecule is O[C@@H]1[C@@H](O)[C@H](NCc2ccc(Cl)cc2)C=C[C@H]1O. The highest BCUT2D eigenvalue weighted by Gasteiger charge is 2.32. The van der Waals surface area contributed by atoms with Gasteiger partial charge in [-0.1, -0.05) is 35.9 Å². The van der Waals surface area contributed by atoms with E-state index in [0.29, 0.717) is 11.6 Å². The lowest BCUT2D eigenvalue weighted by Crippen LogP contribution is -2.51. The molecule has 0 radical (unpaired) electrons. The van der Waals surface area contributed by atoms with Crippen LogP contribution in [0.15, 0.2) is 36.4 Å². The number of aliphatic hydroxyl groups excluding tert-OH is 3. The minimum Gasteiger partial charge on any atom is -0.388 e. The molecule has 0 aromatic heterocycles. The van der Waals surface area contributed by atoms with Crippen LogP contribution in [-0.4, -0.2) is 39.7 Å². The van der Waals surface area contributed by atoms with Crippen molar-refractivity contribution in [1.82, 2.24) is 5.32 Å². The molecule has 1 aliphatic rings. The first-order valence-electron chi connectivity index (χ1n) is 5.78. The second-order valence-corrected chi connectivity index (χ2v) is 4.83. The lowest BCUT2D eigenvalue weighted by atomic mass is 9.94. The van der Waals surface area contributed by atoms with Crippen LogP contribution in [0.3, 0.4) is 0 Å². The highest BCUT2D eigenvalue weighted by atomic mass is 35.5. The molecular formula is C13H16ClNO3. The first-order chi connectivity index (χ1) is 8.58. The van der Waals surface area contributed by atoms with E-state index < -0.39 is 18.3 Å². The summed E-state index contributed by atoms with van der Waals surface area (Å²) in [6.07, 6.45) is -0.0295. The maximum atomic E-state index is 9.79. The van der Waals surface area contributed by atoms with Crippen LogP contribution in [0.25, 0.3) is 0 Å². The molecule has 4 atom stereocenters. The molecule has 4 nitrogen and oxygen atoms in total. The number of halogens is 1. The molecule has 18 heavy (non-hydrogen) atoms. The standard InChI is InChI=1S/C13H16ClNO3/c14-9-3-1-8(2-4-9)7-15-10-5-6-11(16)13(18)12(10)17/h1-6,10-13,15-18H,7H2/t10-,11-,12+,13+/m1/s1. The topological polar surface area (TPSA) is 72.7 Å². The third kappa shape index (κ3) is 3.10. The molecule has 2 rings (SSSR count). The summed E-state index contributed by atoms with van der Waals surface area (Å²) < 4.78 is 0. The molecule has 98 valence electrons. The summed E-state index contributed by atoms with van der Waals surface area (Å²) in [5, 5.41) is 32.5. The maximum Gasteiger partial charge on any atom is 0.111 e. The Bertz CT molecular complexity index is 421. The molecule has 0 saturated heterocycles. The van der Waals surface area contributed by atoms with Gasteiger partial charge in [0.05, 0.1) is 6.04 Å². The van der Waals surface area contributed by atoms with E-state index in [2.05, 4.69) is 5.32 Å². The van der Waals surface area contributed by atoms with E-state index in [1.54, 1.807) is 18.2 Å². The van der Waals surface area contributed by atoms with E-state index >= 15 is 0 Å². The smallest absolute Gasteiger partial charge is 0.111 e. The minimum absolute atomic E-state index is 0.376. The van der Waals surface area contributed by atoms with Crippen molar-refractivity contribution in [1.29, 1.82) is 0 Å². The zero-order valence-corrected chi connectivity index (χ0v) is 10.5. The number of benzene rings is 1. The highest BCUT2D eigenvalue weighted by Crippen LogP contribution is 2.15. The summed E-state index contributed by atoms with van der Waals surface area (Å²) in [6.45, 7) is 0.548. The van der Waals surface area contributed by atoms with Crippen LogP contribution in [-0.2, 0) is 6.54 Å². The number of aliphatic hydroxyl groups is 3. The Labute approximate surface area is 111 Å². The minimum atomic E-state index is -1.15. The van der Waals surface area contributed by atoms with Gasteiger partial charge in [-0.3, -0.25) is 0 Å². The molecular weight excluding hydrogens is 254 g/mol. The van der Waals surface area contributed by atoms with Gasteiger partial charge in [-0.25, -0.2) is 0 Å². The van der Waals surface area contributed by atoms with Crippen molar-refractivity contribution in [2.24, 2.45) is 0 Å². The summed E-state index contributed by atoms with van der Waals surface area (Å²) in [5.74, 6) is 0. The van der Waals surface area contributed by atoms with Gasteiger partial charge in [-0.15, -0.1) is 0 Å². The molecule has 0 saturated carbocycles. The predicted molar refractivity (Wildman–Crippen MR) is 69.2 cm³/mol. The summed E-state index contributed by atoms with van der Waals surface area (Å²) >= 11 is 5.79. The van der Waals surface area contributed by atoms with Gasteiger partial charge in [-0.05, 0) is 17.7 Å². The Balaban J connectivity index is 1.94. The molecule has 1 aromatic rings. The lowest BCUT2D eigenvalue weighted by molar-refractivity contribution is -0.0567. The summed E-state index contributed by atoms with van der Waals surface area (Å²) in [5.41, 5.74) is 1.03. The second kappa shape index (κ2) is 5.82. The van der Waals surface area contributed by atoms with E-state index in [-0.39, 0.29) is 6.04 Å². The molecule has 0 heterocycles. The summed E-state index contributed by atoms with van der Waals surface area (Å²) in [7, 11) is 0. The van der Waals surface area contributed by atoms with Crippen LogP contribution in [0.2, 0.25) is 5.02 Å². The van der Waals surface area contributed by atoms with Gasteiger partial charge in [0.25, 0.3) is 0 Å². The van der Waals surface area contributed by atoms with Crippen LogP contribution in [0, 0.1) is 0 Å². The number of nitrogens with one attached hydrogen (secondary N) is 1. The number of rotatable bonds is 3. The highest BCUT2D eigenvalue weighted by molar-refractivity contribution is 6.30. The quantitative estimate of drug-likeness (QED) is 0.602. The van der Waals surface area contributed by atoms with Crippen molar-refractivity contribution in [2.75, 3.05) is 0 Å². The average molecular weight is 270 g/mol. The van der Waals surface area contributed by atoms with Gasteiger partial charge >= 0.3 is 0 Å². The van der Waals surface area contributed by atoms with Gasteiger partial charge in [-0.2, -0.15) is 0 Å². The Morgan fingerprint density at radius 3 is 2.33 bits per heavy atom. The Hall–Kier alpha value is -0.910. The zero-order chi connectivity index (χ0) is 13.1. The molecule has 5 heteroatoms. The summed E-state index contributed by atoms with van der Waals surface area (Å²) in [6, 6.07) is 6.99. The Morgan fingerprint density at radius 2 is 1.67 bits per heavy atom. The first kappa shape index (κ1) is 13.5. The Kier molecular flexibility index (Phi) is 4.37. The normalized spacial score (nSPS) is 31.6. The molecule has 0 aliphatic heterocycles. The number of hydrogen-bond donors (Lipinski definition) is 4. The molecule has 0 fully saturated rings. The van der Waals surface area contributed by atoms with Gasteiger partial charge in [0, 0.05) is 11.6 Å². The van der Waals surface area contributed by atoms with Gasteiger partial charge in [0.15, 0.2) is 0 Å². The molecule has 1 aromatic carbocycles. The molecule has 0 bridgehead atoms. The molecule has 0 spiro atoms. The van der Waals surface area contributed by atoms with E-state index in [4.69, 9.17) is 11.6 Å². The summed E-state index contributed by atoms with van der Waals surface area (Å²) in [4.78, 5) is 0. The van der Waals surface area contributed by atoms with Crippen molar-refractivity contribution in [3.8, 4) is 0 Å². The van der Waals surface area contributed by atoms with Crippen molar-refractivity contribution in [3.05, 3.63) is 47.0 Å². The fourth-order valence-electron chi connectivity index (χ4n) is 1.90. The fraction of sp³-hybridized carbons (Fsp3) is 0.385. The van der Waals surface area contributed by atoms with Crippen LogP contribution >= 0.6 is 11.6 Å². The van der Waals surface area contributed by atoms with E-state index in [0.717, 1.165) is 5.56 Å². The molecule has 0 unspecified atom stereocenters. The second-order valence-electron chi connectivity index (χ2n) is 4.39. The maximum absolute atomic E-state index is 9.79. The van der Waals surface area contributed by atoms with Crippen molar-refractivity contribution >= 4 is 11.6 Å². The van der Waals surface area contributed by atoms with Gasteiger partial charge in [0.2, 0.25) is 0 Å². The van der Waals surface area contributed by atoms with Gasteiger partial charge < -0.3 is 20.6 Å². The monoisotopic (exact) mass is 269 g/mol. The molecule has 4 N–H and O–H groups in total. The van der Waals surface area contributed by atoms with E-state index in [1.165, 1.54) is 6.08 Å². The predicted octanol–water partition coefficient (Wildman–Crippen LogP) is 0.451. The van der Waals surface area contributed by atoms with Crippen molar-refractivity contribution in [3.63, 3.8) is 0 Å². The lowest BCUT2D eigenvalue weighted by Gasteiger charge is -2.31. The zero-order valence-electron chi connectivity index (χ0n) is 9.70. The van der Waals surface area contributed by atoms with E-state index in [9.17, 15) is 15.3 Å². The van der Waals surface area contributed by atoms with Gasteiger partial charge in [0.1, 0.15) is 18.3 Å². The largest absolute Gasteiger partial charge is 0.388 e.